The average Bonchev–Trinajstić information content (AvgIpc) is 2.36. The highest BCUT2D eigenvalue weighted by molar-refractivity contribution is 5.63. The summed E-state index contributed by atoms with van der Waals surface area (Å²) in [4.78, 5) is 10.3. The summed E-state index contributed by atoms with van der Waals surface area (Å²) in [5.74, 6) is 0. The second-order valence-electron chi connectivity index (χ2n) is 4.10. The van der Waals surface area contributed by atoms with Gasteiger partial charge in [0.25, 0.3) is 5.69 Å². The highest BCUT2D eigenvalue weighted by Gasteiger charge is 2.10. The third-order valence-corrected chi connectivity index (χ3v) is 2.58. The summed E-state index contributed by atoms with van der Waals surface area (Å²) < 4.78 is 0. The molecule has 1 aromatic rings. The minimum Gasteiger partial charge on any atom is -0.391 e. The first kappa shape index (κ1) is 14.2. The van der Waals surface area contributed by atoms with Gasteiger partial charge in [-0.3, -0.25) is 10.1 Å². The lowest BCUT2D eigenvalue weighted by Crippen LogP contribution is -2.19. The van der Waals surface area contributed by atoms with Gasteiger partial charge in [0.2, 0.25) is 0 Å². The molecule has 3 N–H and O–H groups in total. The van der Waals surface area contributed by atoms with Crippen LogP contribution in [0.3, 0.4) is 0 Å². The lowest BCUT2D eigenvalue weighted by atomic mass is 10.2. The van der Waals surface area contributed by atoms with E-state index >= 15 is 0 Å². The summed E-state index contributed by atoms with van der Waals surface area (Å²) in [6.07, 6.45) is 1.17. The Hall–Kier alpha value is -1.82. The summed E-state index contributed by atoms with van der Waals surface area (Å²) in [5, 5.41) is 26.2. The Bertz CT molecular complexity index is 410. The Kier molecular flexibility index (Phi) is 5.38. The van der Waals surface area contributed by atoms with Crippen molar-refractivity contribution in [2.24, 2.45) is 0 Å². The number of nitrogens with one attached hydrogen (secondary N) is 2. The zero-order valence-electron chi connectivity index (χ0n) is 10.6. The van der Waals surface area contributed by atoms with Gasteiger partial charge >= 0.3 is 0 Å². The number of aliphatic hydroxyl groups is 1. The summed E-state index contributed by atoms with van der Waals surface area (Å²) in [7, 11) is 1.70. The standard InChI is InChI=1S/C12H19N3O3/c1-3-4-12(16)8-14-10-5-9(13-2)6-11(7-10)15(17)18/h5-7,12-14,16H,3-4,8H2,1-2H3. The predicted octanol–water partition coefficient (Wildman–Crippen LogP) is 2.21. The highest BCUT2D eigenvalue weighted by Crippen LogP contribution is 2.24. The van der Waals surface area contributed by atoms with Crippen molar-refractivity contribution in [1.82, 2.24) is 0 Å². The first-order valence-electron chi connectivity index (χ1n) is 5.96. The molecule has 0 fully saturated rings. The van der Waals surface area contributed by atoms with Gasteiger partial charge in [-0.15, -0.1) is 0 Å². The largest absolute Gasteiger partial charge is 0.391 e. The van der Waals surface area contributed by atoms with Crippen molar-refractivity contribution in [2.75, 3.05) is 24.2 Å². The van der Waals surface area contributed by atoms with Crippen LogP contribution in [0.15, 0.2) is 18.2 Å². The van der Waals surface area contributed by atoms with Gasteiger partial charge in [0.05, 0.1) is 11.0 Å². The lowest BCUT2D eigenvalue weighted by molar-refractivity contribution is -0.384. The Balaban J connectivity index is 2.75. The molecule has 100 valence electrons. The van der Waals surface area contributed by atoms with Crippen molar-refractivity contribution in [3.8, 4) is 0 Å². The maximum atomic E-state index is 10.8. The number of nitro benzene ring substituents is 1. The third kappa shape index (κ3) is 4.21. The number of nitrogens with zero attached hydrogens (tertiary/aromatic N) is 1. The van der Waals surface area contributed by atoms with Crippen LogP contribution in [0.2, 0.25) is 0 Å². The Morgan fingerprint density at radius 2 is 2.06 bits per heavy atom. The number of hydrogen-bond donors (Lipinski definition) is 3. The molecule has 0 aromatic heterocycles. The Morgan fingerprint density at radius 3 is 2.61 bits per heavy atom. The van der Waals surface area contributed by atoms with E-state index < -0.39 is 11.0 Å². The van der Waals surface area contributed by atoms with Gasteiger partial charge in [-0.25, -0.2) is 0 Å². The molecule has 1 aromatic carbocycles. The summed E-state index contributed by atoms with van der Waals surface area (Å²) >= 11 is 0. The molecule has 0 amide bonds. The van der Waals surface area contributed by atoms with Crippen molar-refractivity contribution in [1.29, 1.82) is 0 Å². The fourth-order valence-corrected chi connectivity index (χ4v) is 1.63. The Morgan fingerprint density at radius 1 is 1.39 bits per heavy atom. The molecule has 0 aliphatic heterocycles. The molecule has 18 heavy (non-hydrogen) atoms. The molecule has 0 radical (unpaired) electrons. The fourth-order valence-electron chi connectivity index (χ4n) is 1.63. The van der Waals surface area contributed by atoms with Gasteiger partial charge < -0.3 is 15.7 Å². The molecule has 1 atom stereocenters. The molecule has 6 heteroatoms. The predicted molar refractivity (Wildman–Crippen MR) is 72.0 cm³/mol. The number of benzene rings is 1. The van der Waals surface area contributed by atoms with Crippen LogP contribution < -0.4 is 10.6 Å². The van der Waals surface area contributed by atoms with E-state index in [0.29, 0.717) is 24.3 Å². The zero-order chi connectivity index (χ0) is 13.5. The van der Waals surface area contributed by atoms with Crippen molar-refractivity contribution < 1.29 is 10.0 Å². The van der Waals surface area contributed by atoms with Crippen molar-refractivity contribution in [2.45, 2.75) is 25.9 Å². The topological polar surface area (TPSA) is 87.4 Å². The normalized spacial score (nSPS) is 11.9. The maximum absolute atomic E-state index is 10.8. The summed E-state index contributed by atoms with van der Waals surface area (Å²) in [5.41, 5.74) is 1.31. The summed E-state index contributed by atoms with van der Waals surface area (Å²) in [6, 6.07) is 4.69. The van der Waals surface area contributed by atoms with Crippen LogP contribution in [0, 0.1) is 10.1 Å². The number of non-ortho nitro benzene ring substituents is 1. The molecule has 0 saturated heterocycles. The fraction of sp³-hybridized carbons (Fsp3) is 0.500. The van der Waals surface area contributed by atoms with E-state index in [-0.39, 0.29) is 5.69 Å². The zero-order valence-corrected chi connectivity index (χ0v) is 10.6. The van der Waals surface area contributed by atoms with Crippen molar-refractivity contribution in [3.05, 3.63) is 28.3 Å². The van der Waals surface area contributed by atoms with Crippen LogP contribution in [0.4, 0.5) is 17.1 Å². The van der Waals surface area contributed by atoms with Crippen molar-refractivity contribution >= 4 is 17.1 Å². The number of hydrogen-bond acceptors (Lipinski definition) is 5. The van der Waals surface area contributed by atoms with Gasteiger partial charge in [-0.05, 0) is 12.5 Å². The van der Waals surface area contributed by atoms with Gasteiger partial charge in [-0.1, -0.05) is 13.3 Å². The smallest absolute Gasteiger partial charge is 0.273 e. The van der Waals surface area contributed by atoms with E-state index in [1.807, 2.05) is 6.92 Å². The molecule has 0 saturated carbocycles. The van der Waals surface area contributed by atoms with Crippen LogP contribution in [0.5, 0.6) is 0 Å². The first-order valence-corrected chi connectivity index (χ1v) is 5.96. The molecule has 0 bridgehead atoms. The molecule has 1 unspecified atom stereocenters. The number of aliphatic hydroxyl groups excluding tert-OH is 1. The number of nitro groups is 1. The number of anilines is 2. The van der Waals surface area contributed by atoms with Gasteiger partial charge in [0, 0.05) is 37.1 Å². The first-order chi connectivity index (χ1) is 8.56. The third-order valence-electron chi connectivity index (χ3n) is 2.58. The number of rotatable bonds is 7. The molecule has 0 heterocycles. The van der Waals surface area contributed by atoms with Crippen LogP contribution in [-0.4, -0.2) is 29.7 Å². The monoisotopic (exact) mass is 253 g/mol. The van der Waals surface area contributed by atoms with Crippen LogP contribution in [-0.2, 0) is 0 Å². The van der Waals surface area contributed by atoms with Gasteiger partial charge in [0.1, 0.15) is 0 Å². The average molecular weight is 253 g/mol. The maximum Gasteiger partial charge on any atom is 0.273 e. The second kappa shape index (κ2) is 6.80. The summed E-state index contributed by atoms with van der Waals surface area (Å²) in [6.45, 7) is 2.38. The lowest BCUT2D eigenvalue weighted by Gasteiger charge is -2.12. The van der Waals surface area contributed by atoms with E-state index in [4.69, 9.17) is 0 Å². The van der Waals surface area contributed by atoms with E-state index in [9.17, 15) is 15.2 Å². The minimum atomic E-state index is -0.438. The molecule has 1 rings (SSSR count). The van der Waals surface area contributed by atoms with Crippen molar-refractivity contribution in [3.63, 3.8) is 0 Å². The SMILES string of the molecule is CCCC(O)CNc1cc(NC)cc([N+](=O)[O-])c1. The van der Waals surface area contributed by atoms with Crippen LogP contribution >= 0.6 is 0 Å². The van der Waals surface area contributed by atoms with Crippen LogP contribution in [0.25, 0.3) is 0 Å². The van der Waals surface area contributed by atoms with Crippen LogP contribution in [0.1, 0.15) is 19.8 Å². The van der Waals surface area contributed by atoms with Gasteiger partial charge in [-0.2, -0.15) is 0 Å². The molecule has 6 nitrogen and oxygen atoms in total. The second-order valence-corrected chi connectivity index (χ2v) is 4.10. The van der Waals surface area contributed by atoms with E-state index in [2.05, 4.69) is 10.6 Å². The molecular formula is C12H19N3O3. The Labute approximate surface area is 106 Å². The minimum absolute atomic E-state index is 0.0225. The molecule has 0 aliphatic rings. The van der Waals surface area contributed by atoms with E-state index in [1.54, 1.807) is 13.1 Å². The molecular weight excluding hydrogens is 234 g/mol. The van der Waals surface area contributed by atoms with Gasteiger partial charge in [0.15, 0.2) is 0 Å². The molecule has 0 aliphatic carbocycles. The highest BCUT2D eigenvalue weighted by atomic mass is 16.6. The van der Waals surface area contributed by atoms with E-state index in [1.165, 1.54) is 12.1 Å². The van der Waals surface area contributed by atoms with E-state index in [0.717, 1.165) is 6.42 Å². The quantitative estimate of drug-likeness (QED) is 0.512. The molecule has 0 spiro atoms.